The molecule has 0 aromatic rings. The average Bonchev–Trinajstić information content (AvgIpc) is 1.37. The Labute approximate surface area is 31.8 Å². The Morgan fingerprint density at radius 2 is 1.25 bits per heavy atom. The zero-order valence-electron chi connectivity index (χ0n) is 2.31. The van der Waals surface area contributed by atoms with E-state index in [2.05, 4.69) is 11.7 Å². The highest BCUT2D eigenvalue weighted by Crippen LogP contribution is 1.51. The molecule has 0 nitrogen and oxygen atoms in total. The Morgan fingerprint density at radius 3 is 1.25 bits per heavy atom. The van der Waals surface area contributed by atoms with Gasteiger partial charge in [0.25, 0.3) is 0 Å². The highest BCUT2D eigenvalue weighted by molar-refractivity contribution is 8.32. The third-order valence-electron chi connectivity index (χ3n) is 0.1000. The van der Waals surface area contributed by atoms with Gasteiger partial charge in [-0.25, -0.2) is 19.4 Å². The van der Waals surface area contributed by atoms with Crippen LogP contribution >= 0.6 is 19.4 Å². The van der Waals surface area contributed by atoms with Gasteiger partial charge in [-0.2, -0.15) is 0 Å². The number of thiol groups is 2. The van der Waals surface area contributed by atoms with Crippen molar-refractivity contribution < 1.29 is 0 Å². The molecule has 0 unspecified atom stereocenters. The van der Waals surface area contributed by atoms with E-state index >= 15 is 0 Å². The monoisotopic (exact) mass is 94.0 g/mol. The maximum Gasteiger partial charge on any atom is -0.0537 e. The van der Waals surface area contributed by atoms with Crippen LogP contribution in [0.2, 0.25) is 0 Å². The van der Waals surface area contributed by atoms with Crippen molar-refractivity contribution in [3.05, 3.63) is 0 Å². The van der Waals surface area contributed by atoms with Crippen LogP contribution in [0.25, 0.3) is 0 Å². The zero-order valence-corrected chi connectivity index (χ0v) is 4.10. The lowest BCUT2D eigenvalue weighted by molar-refractivity contribution is 4.78. The molecular formula is C2H6S2. The SMILES string of the molecule is C=[SH]#[SH]=C. The average molecular weight is 94.2 g/mol. The van der Waals surface area contributed by atoms with E-state index < -0.39 is 0 Å². The van der Waals surface area contributed by atoms with Crippen molar-refractivity contribution in [1.82, 2.24) is 0 Å². The summed E-state index contributed by atoms with van der Waals surface area (Å²) in [5.74, 6) is 7.00. The molecule has 0 aromatic heterocycles. The molecule has 4 heavy (non-hydrogen) atoms. The summed E-state index contributed by atoms with van der Waals surface area (Å²) in [6.07, 6.45) is 0. The molecule has 2 heteroatoms. The summed E-state index contributed by atoms with van der Waals surface area (Å²) >= 11 is 0. The quantitative estimate of drug-likeness (QED) is 0.320. The minimum absolute atomic E-state index is 1.11. The van der Waals surface area contributed by atoms with Gasteiger partial charge in [0.05, 0.1) is 0 Å². The van der Waals surface area contributed by atoms with Crippen LogP contribution in [0.15, 0.2) is 0 Å². The van der Waals surface area contributed by atoms with Gasteiger partial charge in [-0.05, 0) is 0 Å². The Bertz CT molecular complexity index is 93.2. The van der Waals surface area contributed by atoms with Gasteiger partial charge in [0.2, 0.25) is 0 Å². The molecule has 0 aliphatic rings. The first-order chi connectivity index (χ1) is 1.91. The van der Waals surface area contributed by atoms with Crippen molar-refractivity contribution in [2.75, 3.05) is 0 Å². The molecule has 0 aliphatic heterocycles. The third-order valence-corrected chi connectivity index (χ3v) is 0.900. The van der Waals surface area contributed by atoms with Gasteiger partial charge < -0.3 is 0 Å². The summed E-state index contributed by atoms with van der Waals surface area (Å²) in [7, 11) is 2.22. The van der Waals surface area contributed by atoms with Crippen molar-refractivity contribution in [2.45, 2.75) is 0 Å². The molecule has 0 saturated heterocycles. The van der Waals surface area contributed by atoms with Crippen LogP contribution in [0.1, 0.15) is 0 Å². The molecule has 0 bridgehead atoms. The van der Waals surface area contributed by atoms with E-state index in [4.69, 9.17) is 0 Å². The lowest BCUT2D eigenvalue weighted by Crippen LogP contribution is -0.832. The summed E-state index contributed by atoms with van der Waals surface area (Å²) in [5, 5.41) is 0. The zero-order chi connectivity index (χ0) is 3.41. The van der Waals surface area contributed by atoms with E-state index in [0.717, 1.165) is 19.4 Å². The third kappa shape index (κ3) is 2.18. The molecule has 0 fully saturated rings. The molecule has 26 valence electrons. The van der Waals surface area contributed by atoms with E-state index in [1.54, 1.807) is 0 Å². The number of hydrogen-bond donors (Lipinski definition) is 2. The Hall–Kier alpha value is 0.180. The minimum atomic E-state index is 1.11. The van der Waals surface area contributed by atoms with Crippen LogP contribution in [-0.2, 0) is 0 Å². The lowest BCUT2D eigenvalue weighted by Gasteiger charge is -1.21. The van der Waals surface area contributed by atoms with Crippen molar-refractivity contribution in [3.63, 3.8) is 0 Å². The van der Waals surface area contributed by atoms with Gasteiger partial charge in [-0.1, -0.05) is 11.7 Å². The second kappa shape index (κ2) is 3.18. The summed E-state index contributed by atoms with van der Waals surface area (Å²) in [5.41, 5.74) is 0. The molecule has 0 aliphatic carbocycles. The predicted molar refractivity (Wildman–Crippen MR) is 32.2 cm³/mol. The maximum atomic E-state index is 3.50. The second-order valence-corrected chi connectivity index (χ2v) is 2.55. The molecule has 0 spiro atoms. The molecule has 0 rings (SSSR count). The van der Waals surface area contributed by atoms with Gasteiger partial charge in [-0.15, -0.1) is 0 Å². The molecular weight excluding hydrogens is 88.2 g/mol. The maximum absolute atomic E-state index is 3.50. The summed E-state index contributed by atoms with van der Waals surface area (Å²) < 4.78 is 0. The molecule has 0 amide bonds. The van der Waals surface area contributed by atoms with E-state index in [1.165, 1.54) is 0 Å². The van der Waals surface area contributed by atoms with Crippen molar-refractivity contribution in [2.24, 2.45) is 0 Å². The fraction of sp³-hybridized carbons (Fsp3) is 0. The van der Waals surface area contributed by atoms with Crippen molar-refractivity contribution in [3.8, 4) is 0 Å². The van der Waals surface area contributed by atoms with Gasteiger partial charge >= 0.3 is 0 Å². The minimum Gasteiger partial charge on any atom is -0.206 e. The summed E-state index contributed by atoms with van der Waals surface area (Å²) in [6.45, 7) is 0. The fourth-order valence-electron chi connectivity index (χ4n) is 0. The van der Waals surface area contributed by atoms with E-state index in [9.17, 15) is 0 Å². The molecule has 0 saturated carbocycles. The Kier molecular flexibility index (Phi) is 3.32. The normalized spacial score (nSPS) is 5.00. The molecule has 0 N–H and O–H groups in total. The molecule has 0 heterocycles. The number of hydrogen-bond acceptors (Lipinski definition) is 0. The first-order valence-corrected chi connectivity index (χ1v) is 3.70. The summed E-state index contributed by atoms with van der Waals surface area (Å²) in [6, 6.07) is 0. The Balaban J connectivity index is 4.65. The smallest absolute Gasteiger partial charge is 0.0537 e. The van der Waals surface area contributed by atoms with Crippen LogP contribution in [0.5, 0.6) is 0 Å². The van der Waals surface area contributed by atoms with Crippen molar-refractivity contribution >= 4 is 31.1 Å². The van der Waals surface area contributed by atoms with Gasteiger partial charge in [0.1, 0.15) is 0 Å². The first-order valence-electron chi connectivity index (χ1n) is 0.832. The highest BCUT2D eigenvalue weighted by atomic mass is 32.7. The Morgan fingerprint density at radius 1 is 1.00 bits per heavy atom. The fourth-order valence-corrected chi connectivity index (χ4v) is 0. The van der Waals surface area contributed by atoms with Gasteiger partial charge in [-0.3, -0.25) is 0 Å². The molecule has 0 radical (unpaired) electrons. The lowest BCUT2D eigenvalue weighted by atomic mass is 12.0. The van der Waals surface area contributed by atoms with Crippen LogP contribution in [0.4, 0.5) is 0 Å². The van der Waals surface area contributed by atoms with E-state index in [-0.39, 0.29) is 0 Å². The second-order valence-electron chi connectivity index (χ2n) is 0.283. The van der Waals surface area contributed by atoms with Crippen LogP contribution < -0.4 is 0 Å². The van der Waals surface area contributed by atoms with E-state index in [1.807, 2.05) is 0 Å². The standard InChI is InChI=1S/C2H6S2/c1-3-4-2/h3-4H,1-2H2. The number of rotatable bonds is 0. The predicted octanol–water partition coefficient (Wildman–Crippen LogP) is 0.696. The topological polar surface area (TPSA) is 0 Å². The van der Waals surface area contributed by atoms with Crippen LogP contribution in [0.3, 0.4) is 0 Å². The van der Waals surface area contributed by atoms with Crippen LogP contribution in [0, 0.1) is 0 Å². The van der Waals surface area contributed by atoms with Gasteiger partial charge in [0.15, 0.2) is 0 Å². The van der Waals surface area contributed by atoms with Crippen molar-refractivity contribution in [1.29, 1.82) is 0 Å². The van der Waals surface area contributed by atoms with Gasteiger partial charge in [0, 0.05) is 0 Å². The highest BCUT2D eigenvalue weighted by Gasteiger charge is 0.899. The van der Waals surface area contributed by atoms with Crippen LogP contribution in [-0.4, -0.2) is 11.7 Å². The summed E-state index contributed by atoms with van der Waals surface area (Å²) in [4.78, 5) is 0. The molecule has 0 atom stereocenters. The largest absolute Gasteiger partial charge is 0.206 e. The van der Waals surface area contributed by atoms with E-state index in [0.29, 0.717) is 0 Å². The molecule has 0 aromatic carbocycles. The first kappa shape index (κ1) is 4.18.